The number of aliphatic hydroxyl groups excluding tert-OH is 1. The molecule has 0 radical (unpaired) electrons. The van der Waals surface area contributed by atoms with Crippen molar-refractivity contribution in [3.8, 4) is 0 Å². The lowest BCUT2D eigenvalue weighted by Crippen LogP contribution is -2.01. The second-order valence-electron chi connectivity index (χ2n) is 3.02. The Hall–Kier alpha value is -1.13. The number of hydrogen-bond donors (Lipinski definition) is 1. The van der Waals surface area contributed by atoms with Gasteiger partial charge in [0.05, 0.1) is 4.92 Å². The Bertz CT molecular complexity index is 354. The minimum atomic E-state index is -0.532. The van der Waals surface area contributed by atoms with E-state index >= 15 is 0 Å². The Labute approximate surface area is 86.3 Å². The summed E-state index contributed by atoms with van der Waals surface area (Å²) in [7, 11) is 0. The van der Waals surface area contributed by atoms with Crippen LogP contribution in [0.1, 0.15) is 18.4 Å². The zero-order valence-corrected chi connectivity index (χ0v) is 8.36. The average Bonchev–Trinajstić information content (AvgIpc) is 2.16. The molecule has 4 nitrogen and oxygen atoms in total. The van der Waals surface area contributed by atoms with E-state index in [1.165, 1.54) is 6.07 Å². The molecule has 0 saturated heterocycles. The number of nitro benzene ring substituents is 1. The van der Waals surface area contributed by atoms with Crippen molar-refractivity contribution in [2.45, 2.75) is 12.8 Å². The van der Waals surface area contributed by atoms with Crippen molar-refractivity contribution in [1.29, 1.82) is 0 Å². The number of hydrogen-bond acceptors (Lipinski definition) is 3. The van der Waals surface area contributed by atoms with Crippen molar-refractivity contribution in [3.05, 3.63) is 38.9 Å². The fourth-order valence-electron chi connectivity index (χ4n) is 1.16. The molecule has 1 N–H and O–H groups in total. The summed E-state index contributed by atoms with van der Waals surface area (Å²) < 4.78 is 0. The summed E-state index contributed by atoms with van der Waals surface area (Å²) in [6, 6.07) is 4.58. The Balaban J connectivity index is 3.20. The molecule has 76 valence electrons. The van der Waals surface area contributed by atoms with Crippen LogP contribution in [0.15, 0.2) is 18.2 Å². The summed E-state index contributed by atoms with van der Waals surface area (Å²) in [4.78, 5) is 10.0. The molecule has 1 aromatic carbocycles. The van der Waals surface area contributed by atoms with Gasteiger partial charge in [-0.15, -0.1) is 0 Å². The molecule has 0 aliphatic carbocycles. The van der Waals surface area contributed by atoms with Crippen LogP contribution >= 0.6 is 11.6 Å². The van der Waals surface area contributed by atoms with Crippen LogP contribution in [0.2, 0.25) is 5.02 Å². The lowest BCUT2D eigenvalue weighted by Gasteiger charge is -2.09. The van der Waals surface area contributed by atoms with Gasteiger partial charge in [0.1, 0.15) is 5.02 Å². The van der Waals surface area contributed by atoms with Gasteiger partial charge in [-0.25, -0.2) is 0 Å². The predicted molar refractivity (Wildman–Crippen MR) is 53.6 cm³/mol. The SMILES string of the molecule is CC(CO)c1cccc([N+](=O)[O-])c1Cl. The highest BCUT2D eigenvalue weighted by atomic mass is 35.5. The van der Waals surface area contributed by atoms with Gasteiger partial charge in [0.25, 0.3) is 5.69 Å². The molecule has 1 unspecified atom stereocenters. The van der Waals surface area contributed by atoms with E-state index in [-0.39, 0.29) is 23.2 Å². The molecule has 0 bridgehead atoms. The second-order valence-corrected chi connectivity index (χ2v) is 3.40. The van der Waals surface area contributed by atoms with Crippen molar-refractivity contribution in [3.63, 3.8) is 0 Å². The standard InChI is InChI=1S/C9H10ClNO3/c1-6(5-12)7-3-2-4-8(9(7)10)11(13)14/h2-4,6,12H,5H2,1H3. The van der Waals surface area contributed by atoms with E-state index in [2.05, 4.69) is 0 Å². The third-order valence-electron chi connectivity index (χ3n) is 2.01. The number of nitrogens with zero attached hydrogens (tertiary/aromatic N) is 1. The monoisotopic (exact) mass is 215 g/mol. The molecule has 0 aliphatic rings. The first-order chi connectivity index (χ1) is 6.57. The minimum Gasteiger partial charge on any atom is -0.396 e. The number of rotatable bonds is 3. The first-order valence-electron chi connectivity index (χ1n) is 4.11. The Morgan fingerprint density at radius 1 is 1.64 bits per heavy atom. The van der Waals surface area contributed by atoms with Gasteiger partial charge in [0.2, 0.25) is 0 Å². The molecule has 0 fully saturated rings. The normalized spacial score (nSPS) is 12.5. The van der Waals surface area contributed by atoms with Crippen LogP contribution in [-0.4, -0.2) is 16.6 Å². The van der Waals surface area contributed by atoms with E-state index in [0.717, 1.165) is 0 Å². The number of benzene rings is 1. The highest BCUT2D eigenvalue weighted by Crippen LogP contribution is 2.32. The van der Waals surface area contributed by atoms with Gasteiger partial charge in [0.15, 0.2) is 0 Å². The average molecular weight is 216 g/mol. The molecule has 0 aliphatic heterocycles. The van der Waals surface area contributed by atoms with E-state index in [1.807, 2.05) is 0 Å². The zero-order valence-electron chi connectivity index (χ0n) is 7.61. The minimum absolute atomic E-state index is 0.0825. The molecular weight excluding hydrogens is 206 g/mol. The van der Waals surface area contributed by atoms with Crippen LogP contribution in [0.4, 0.5) is 5.69 Å². The maximum atomic E-state index is 10.5. The summed E-state index contributed by atoms with van der Waals surface area (Å²) in [5, 5.41) is 19.6. The topological polar surface area (TPSA) is 63.4 Å². The van der Waals surface area contributed by atoms with E-state index < -0.39 is 4.92 Å². The van der Waals surface area contributed by atoms with Crippen LogP contribution in [0.3, 0.4) is 0 Å². The van der Waals surface area contributed by atoms with E-state index in [1.54, 1.807) is 19.1 Å². The van der Waals surface area contributed by atoms with Gasteiger partial charge in [-0.2, -0.15) is 0 Å². The first kappa shape index (κ1) is 10.9. The van der Waals surface area contributed by atoms with Gasteiger partial charge in [-0.3, -0.25) is 10.1 Å². The maximum absolute atomic E-state index is 10.5. The summed E-state index contributed by atoms with van der Waals surface area (Å²) in [6.45, 7) is 1.67. The van der Waals surface area contributed by atoms with E-state index in [4.69, 9.17) is 16.7 Å². The van der Waals surface area contributed by atoms with Crippen molar-refractivity contribution in [1.82, 2.24) is 0 Å². The van der Waals surface area contributed by atoms with Crippen molar-refractivity contribution >= 4 is 17.3 Å². The summed E-state index contributed by atoms with van der Waals surface area (Å²) in [5.74, 6) is -0.192. The molecule has 1 aromatic rings. The van der Waals surface area contributed by atoms with E-state index in [0.29, 0.717) is 5.56 Å². The highest BCUT2D eigenvalue weighted by Gasteiger charge is 2.18. The van der Waals surface area contributed by atoms with Crippen molar-refractivity contribution < 1.29 is 10.0 Å². The molecular formula is C9H10ClNO3. The molecule has 1 rings (SSSR count). The van der Waals surface area contributed by atoms with E-state index in [9.17, 15) is 10.1 Å². The summed E-state index contributed by atoms with van der Waals surface area (Å²) in [6.07, 6.45) is 0. The van der Waals surface area contributed by atoms with Crippen molar-refractivity contribution in [2.75, 3.05) is 6.61 Å². The maximum Gasteiger partial charge on any atom is 0.288 e. The Morgan fingerprint density at radius 2 is 2.29 bits per heavy atom. The van der Waals surface area contributed by atoms with Crippen LogP contribution in [0.5, 0.6) is 0 Å². The number of halogens is 1. The first-order valence-corrected chi connectivity index (χ1v) is 4.49. The summed E-state index contributed by atoms with van der Waals surface area (Å²) in [5.41, 5.74) is 0.479. The summed E-state index contributed by atoms with van der Waals surface area (Å²) >= 11 is 5.82. The molecule has 1 atom stereocenters. The zero-order chi connectivity index (χ0) is 10.7. The van der Waals surface area contributed by atoms with Crippen LogP contribution < -0.4 is 0 Å². The third-order valence-corrected chi connectivity index (χ3v) is 2.42. The van der Waals surface area contributed by atoms with Gasteiger partial charge >= 0.3 is 0 Å². The quantitative estimate of drug-likeness (QED) is 0.622. The third kappa shape index (κ3) is 2.02. The molecule has 0 aromatic heterocycles. The molecule has 0 heterocycles. The number of nitro groups is 1. The van der Waals surface area contributed by atoms with Crippen LogP contribution in [0, 0.1) is 10.1 Å². The molecule has 0 amide bonds. The molecule has 0 saturated carbocycles. The smallest absolute Gasteiger partial charge is 0.288 e. The lowest BCUT2D eigenvalue weighted by molar-refractivity contribution is -0.384. The van der Waals surface area contributed by atoms with Gasteiger partial charge in [0, 0.05) is 18.6 Å². The fourth-order valence-corrected chi connectivity index (χ4v) is 1.54. The fraction of sp³-hybridized carbons (Fsp3) is 0.333. The van der Waals surface area contributed by atoms with Crippen LogP contribution in [-0.2, 0) is 0 Å². The molecule has 0 spiro atoms. The Kier molecular flexibility index (Phi) is 3.43. The van der Waals surface area contributed by atoms with Crippen LogP contribution in [0.25, 0.3) is 0 Å². The van der Waals surface area contributed by atoms with Gasteiger partial charge < -0.3 is 5.11 Å². The Morgan fingerprint density at radius 3 is 2.79 bits per heavy atom. The highest BCUT2D eigenvalue weighted by molar-refractivity contribution is 6.33. The lowest BCUT2D eigenvalue weighted by atomic mass is 10.0. The van der Waals surface area contributed by atoms with Gasteiger partial charge in [-0.05, 0) is 5.56 Å². The van der Waals surface area contributed by atoms with Crippen molar-refractivity contribution in [2.24, 2.45) is 0 Å². The largest absolute Gasteiger partial charge is 0.396 e. The second kappa shape index (κ2) is 4.39. The predicted octanol–water partition coefficient (Wildman–Crippen LogP) is 2.34. The molecule has 14 heavy (non-hydrogen) atoms. The van der Waals surface area contributed by atoms with Gasteiger partial charge in [-0.1, -0.05) is 30.7 Å². The number of aliphatic hydroxyl groups is 1. The molecule has 5 heteroatoms.